The minimum absolute atomic E-state index is 0.0314. The number of fused-ring (bicyclic) bond motifs is 1. The molecule has 3 rings (SSSR count). The predicted octanol–water partition coefficient (Wildman–Crippen LogP) is 4.95. The van der Waals surface area contributed by atoms with Crippen LogP contribution in [0.2, 0.25) is 0 Å². The maximum absolute atomic E-state index is 11.9. The Hall–Kier alpha value is -2.20. The fourth-order valence-corrected chi connectivity index (χ4v) is 3.11. The van der Waals surface area contributed by atoms with E-state index in [9.17, 15) is 4.79 Å². The van der Waals surface area contributed by atoms with E-state index >= 15 is 0 Å². The summed E-state index contributed by atoms with van der Waals surface area (Å²) in [5.41, 5.74) is 2.93. The molecule has 1 amide bonds. The van der Waals surface area contributed by atoms with Crippen molar-refractivity contribution in [1.82, 2.24) is 4.98 Å². The van der Waals surface area contributed by atoms with E-state index in [1.54, 1.807) is 11.3 Å². The summed E-state index contributed by atoms with van der Waals surface area (Å²) in [5.74, 6) is 0.0965. The molecule has 112 valence electrons. The Balaban J connectivity index is 1.80. The molecule has 22 heavy (non-hydrogen) atoms. The molecule has 1 N–H and O–H groups in total. The lowest BCUT2D eigenvalue weighted by Gasteiger charge is -2.10. The van der Waals surface area contributed by atoms with Crippen LogP contribution < -0.4 is 5.32 Å². The van der Waals surface area contributed by atoms with Gasteiger partial charge in [0, 0.05) is 17.2 Å². The van der Waals surface area contributed by atoms with Crippen LogP contribution in [-0.2, 0) is 4.79 Å². The van der Waals surface area contributed by atoms with Gasteiger partial charge in [-0.3, -0.25) is 4.79 Å². The molecule has 4 heteroatoms. The summed E-state index contributed by atoms with van der Waals surface area (Å²) in [6.45, 7) is 3.95. The van der Waals surface area contributed by atoms with Crippen LogP contribution in [0.15, 0.2) is 48.5 Å². The molecule has 3 aromatic rings. The summed E-state index contributed by atoms with van der Waals surface area (Å²) in [4.78, 5) is 16.5. The molecular formula is C18H18N2OS. The molecule has 3 nitrogen and oxygen atoms in total. The van der Waals surface area contributed by atoms with Crippen LogP contribution in [-0.4, -0.2) is 10.9 Å². The topological polar surface area (TPSA) is 42.0 Å². The number of aromatic nitrogens is 1. The Kier molecular flexibility index (Phi) is 4.20. The van der Waals surface area contributed by atoms with Crippen LogP contribution in [0.25, 0.3) is 20.8 Å². The molecule has 0 aliphatic carbocycles. The second-order valence-corrected chi connectivity index (χ2v) is 6.39. The van der Waals surface area contributed by atoms with Crippen molar-refractivity contribution in [2.45, 2.75) is 20.3 Å². The molecular weight excluding hydrogens is 292 g/mol. The maximum atomic E-state index is 11.9. The molecule has 0 spiro atoms. The van der Waals surface area contributed by atoms with Crippen molar-refractivity contribution in [1.29, 1.82) is 0 Å². The fraction of sp³-hybridized carbons (Fsp3) is 0.222. The molecule has 1 aromatic heterocycles. The lowest BCUT2D eigenvalue weighted by Crippen LogP contribution is -2.19. The number of carbonyl (C=O) groups excluding carboxylic acids is 1. The number of benzene rings is 2. The third kappa shape index (κ3) is 3.02. The largest absolute Gasteiger partial charge is 0.326 e. The van der Waals surface area contributed by atoms with E-state index in [1.165, 1.54) is 4.70 Å². The average Bonchev–Trinajstić information content (AvgIpc) is 2.98. The monoisotopic (exact) mass is 310 g/mol. The van der Waals surface area contributed by atoms with Gasteiger partial charge in [0.15, 0.2) is 0 Å². The molecule has 1 atom stereocenters. The summed E-state index contributed by atoms with van der Waals surface area (Å²) in [5, 5.41) is 3.94. The van der Waals surface area contributed by atoms with Gasteiger partial charge in [-0.1, -0.05) is 26.0 Å². The zero-order chi connectivity index (χ0) is 15.5. The van der Waals surface area contributed by atoms with Crippen molar-refractivity contribution in [2.24, 2.45) is 5.92 Å². The lowest BCUT2D eigenvalue weighted by atomic mass is 10.1. The molecule has 0 radical (unpaired) electrons. The number of amides is 1. The molecule has 0 bridgehead atoms. The number of carbonyl (C=O) groups is 1. The SMILES string of the molecule is CC[C@@H](C)C(=O)Nc1ccc(-c2nc3ccccc3s2)cc1. The van der Waals surface area contributed by atoms with Gasteiger partial charge < -0.3 is 5.32 Å². The van der Waals surface area contributed by atoms with Crippen LogP contribution in [0.1, 0.15) is 20.3 Å². The van der Waals surface area contributed by atoms with Gasteiger partial charge in [0.1, 0.15) is 5.01 Å². The van der Waals surface area contributed by atoms with Gasteiger partial charge in [0.05, 0.1) is 10.2 Å². The van der Waals surface area contributed by atoms with E-state index in [0.717, 1.165) is 28.2 Å². The fourth-order valence-electron chi connectivity index (χ4n) is 2.14. The smallest absolute Gasteiger partial charge is 0.227 e. The molecule has 0 aliphatic heterocycles. The van der Waals surface area contributed by atoms with Crippen molar-refractivity contribution >= 4 is 33.1 Å². The van der Waals surface area contributed by atoms with Crippen molar-refractivity contribution in [3.63, 3.8) is 0 Å². The van der Waals surface area contributed by atoms with Crippen LogP contribution in [0, 0.1) is 5.92 Å². The first-order valence-electron chi connectivity index (χ1n) is 7.44. The number of hydrogen-bond donors (Lipinski definition) is 1. The number of hydrogen-bond acceptors (Lipinski definition) is 3. The first-order valence-corrected chi connectivity index (χ1v) is 8.26. The van der Waals surface area contributed by atoms with Gasteiger partial charge >= 0.3 is 0 Å². The van der Waals surface area contributed by atoms with Gasteiger partial charge in [-0.2, -0.15) is 0 Å². The maximum Gasteiger partial charge on any atom is 0.227 e. The van der Waals surface area contributed by atoms with Crippen molar-refractivity contribution in [3.8, 4) is 10.6 Å². The summed E-state index contributed by atoms with van der Waals surface area (Å²) in [6.07, 6.45) is 0.843. The first kappa shape index (κ1) is 14.7. The van der Waals surface area contributed by atoms with Crippen LogP contribution in [0.4, 0.5) is 5.69 Å². The number of para-hydroxylation sites is 1. The van der Waals surface area contributed by atoms with Gasteiger partial charge in [0.2, 0.25) is 5.91 Å². The Morgan fingerprint density at radius 3 is 2.59 bits per heavy atom. The zero-order valence-corrected chi connectivity index (χ0v) is 13.5. The van der Waals surface area contributed by atoms with E-state index in [-0.39, 0.29) is 11.8 Å². The van der Waals surface area contributed by atoms with Gasteiger partial charge in [-0.25, -0.2) is 4.98 Å². The van der Waals surface area contributed by atoms with E-state index in [4.69, 9.17) is 0 Å². The second-order valence-electron chi connectivity index (χ2n) is 5.36. The number of anilines is 1. The molecule has 0 fully saturated rings. The van der Waals surface area contributed by atoms with E-state index in [0.29, 0.717) is 0 Å². The molecule has 2 aromatic carbocycles. The quantitative estimate of drug-likeness (QED) is 0.741. The second kappa shape index (κ2) is 6.28. The highest BCUT2D eigenvalue weighted by atomic mass is 32.1. The minimum atomic E-state index is 0.0314. The van der Waals surface area contributed by atoms with Gasteiger partial charge in [-0.05, 0) is 42.8 Å². The highest BCUT2D eigenvalue weighted by Gasteiger charge is 2.11. The van der Waals surface area contributed by atoms with Crippen LogP contribution in [0.3, 0.4) is 0 Å². The summed E-state index contributed by atoms with van der Waals surface area (Å²) in [7, 11) is 0. The van der Waals surface area contributed by atoms with Crippen molar-refractivity contribution in [2.75, 3.05) is 5.32 Å². The number of thiazole rings is 1. The molecule has 0 saturated heterocycles. The number of nitrogens with one attached hydrogen (secondary N) is 1. The number of rotatable bonds is 4. The Morgan fingerprint density at radius 2 is 1.91 bits per heavy atom. The van der Waals surface area contributed by atoms with E-state index in [1.807, 2.05) is 56.3 Å². The summed E-state index contributed by atoms with van der Waals surface area (Å²) >= 11 is 1.68. The average molecular weight is 310 g/mol. The normalized spacial score (nSPS) is 12.3. The lowest BCUT2D eigenvalue weighted by molar-refractivity contribution is -0.119. The van der Waals surface area contributed by atoms with Crippen molar-refractivity contribution < 1.29 is 4.79 Å². The van der Waals surface area contributed by atoms with E-state index in [2.05, 4.69) is 16.4 Å². The molecule has 0 aliphatic rings. The predicted molar refractivity (Wildman–Crippen MR) is 93.1 cm³/mol. The van der Waals surface area contributed by atoms with Gasteiger partial charge in [-0.15, -0.1) is 11.3 Å². The standard InChI is InChI=1S/C18H18N2OS/c1-3-12(2)17(21)19-14-10-8-13(9-11-14)18-20-15-6-4-5-7-16(15)22-18/h4-12H,3H2,1-2H3,(H,19,21)/t12-/m1/s1. The highest BCUT2D eigenvalue weighted by molar-refractivity contribution is 7.21. The third-order valence-corrected chi connectivity index (χ3v) is 4.84. The third-order valence-electron chi connectivity index (χ3n) is 3.75. The Labute approximate surface area is 134 Å². The zero-order valence-electron chi connectivity index (χ0n) is 12.7. The van der Waals surface area contributed by atoms with E-state index < -0.39 is 0 Å². The van der Waals surface area contributed by atoms with Crippen LogP contribution in [0.5, 0.6) is 0 Å². The van der Waals surface area contributed by atoms with Crippen molar-refractivity contribution in [3.05, 3.63) is 48.5 Å². The highest BCUT2D eigenvalue weighted by Crippen LogP contribution is 2.30. The Bertz CT molecular complexity index is 759. The molecule has 0 unspecified atom stereocenters. The minimum Gasteiger partial charge on any atom is -0.326 e. The molecule has 0 saturated carbocycles. The summed E-state index contributed by atoms with van der Waals surface area (Å²) in [6, 6.07) is 16.0. The van der Waals surface area contributed by atoms with Crippen LogP contribution >= 0.6 is 11.3 Å². The number of nitrogens with zero attached hydrogens (tertiary/aromatic N) is 1. The summed E-state index contributed by atoms with van der Waals surface area (Å²) < 4.78 is 1.19. The molecule has 1 heterocycles. The van der Waals surface area contributed by atoms with Gasteiger partial charge in [0.25, 0.3) is 0 Å². The Morgan fingerprint density at radius 1 is 1.18 bits per heavy atom. The first-order chi connectivity index (χ1) is 10.7.